The zero-order valence-corrected chi connectivity index (χ0v) is 9.92. The van der Waals surface area contributed by atoms with Gasteiger partial charge in [0.05, 0.1) is 0 Å². The van der Waals surface area contributed by atoms with Crippen molar-refractivity contribution in [2.75, 3.05) is 0 Å². The fourth-order valence-electron chi connectivity index (χ4n) is 2.46. The summed E-state index contributed by atoms with van der Waals surface area (Å²) in [5.74, 6) is -0.771. The third-order valence-electron chi connectivity index (χ3n) is 3.38. The van der Waals surface area contributed by atoms with Gasteiger partial charge in [-0.2, -0.15) is 0 Å². The molecule has 94 valence electrons. The number of nitrogens with one attached hydrogen (secondary N) is 1. The standard InChI is InChI=1S/C13H18F2N2/c1-8(17-11-4-3-10(16)7-11)12-6-9(14)2-5-13(12)15/h2,5-6,8,10-11,17H,3-4,7,16H2,1H3. The number of benzene rings is 1. The first-order valence-electron chi connectivity index (χ1n) is 6.03. The van der Waals surface area contributed by atoms with Gasteiger partial charge in [0.25, 0.3) is 0 Å². The molecule has 3 atom stereocenters. The Labute approximate surface area is 100 Å². The summed E-state index contributed by atoms with van der Waals surface area (Å²) in [6.07, 6.45) is 2.90. The fraction of sp³-hybridized carbons (Fsp3) is 0.538. The van der Waals surface area contributed by atoms with E-state index in [1.165, 1.54) is 12.1 Å². The molecule has 0 spiro atoms. The summed E-state index contributed by atoms with van der Waals surface area (Å²) in [5, 5.41) is 3.31. The minimum atomic E-state index is -0.404. The van der Waals surface area contributed by atoms with Crippen LogP contribution in [0.5, 0.6) is 0 Å². The zero-order valence-electron chi connectivity index (χ0n) is 9.92. The molecule has 1 aromatic rings. The van der Waals surface area contributed by atoms with Crippen LogP contribution in [-0.2, 0) is 0 Å². The molecule has 0 aliphatic heterocycles. The van der Waals surface area contributed by atoms with E-state index >= 15 is 0 Å². The van der Waals surface area contributed by atoms with E-state index in [0.717, 1.165) is 25.3 Å². The zero-order chi connectivity index (χ0) is 12.4. The molecule has 1 aliphatic rings. The normalized spacial score (nSPS) is 26.1. The van der Waals surface area contributed by atoms with Gasteiger partial charge in [-0.3, -0.25) is 0 Å². The molecule has 0 aromatic heterocycles. The average Bonchev–Trinajstić information content (AvgIpc) is 2.67. The number of rotatable bonds is 3. The van der Waals surface area contributed by atoms with E-state index in [-0.39, 0.29) is 17.9 Å². The predicted octanol–water partition coefficient (Wildman–Crippen LogP) is 2.50. The molecular formula is C13H18F2N2. The van der Waals surface area contributed by atoms with E-state index in [9.17, 15) is 8.78 Å². The van der Waals surface area contributed by atoms with E-state index in [1.54, 1.807) is 0 Å². The predicted molar refractivity (Wildman–Crippen MR) is 63.5 cm³/mol. The van der Waals surface area contributed by atoms with Gasteiger partial charge in [-0.05, 0) is 44.4 Å². The SMILES string of the molecule is CC(NC1CCC(N)C1)c1cc(F)ccc1F. The van der Waals surface area contributed by atoms with Crippen molar-refractivity contribution in [2.45, 2.75) is 44.3 Å². The molecule has 1 fully saturated rings. The first kappa shape index (κ1) is 12.5. The molecule has 17 heavy (non-hydrogen) atoms. The van der Waals surface area contributed by atoms with Crippen molar-refractivity contribution in [3.63, 3.8) is 0 Å². The van der Waals surface area contributed by atoms with Crippen LogP contribution < -0.4 is 11.1 Å². The molecule has 1 aliphatic carbocycles. The Balaban J connectivity index is 2.04. The molecule has 2 rings (SSSR count). The minimum absolute atomic E-state index is 0.194. The summed E-state index contributed by atoms with van der Waals surface area (Å²) < 4.78 is 26.6. The fourth-order valence-corrected chi connectivity index (χ4v) is 2.46. The van der Waals surface area contributed by atoms with Crippen molar-refractivity contribution in [1.29, 1.82) is 0 Å². The van der Waals surface area contributed by atoms with Crippen LogP contribution in [0.4, 0.5) is 8.78 Å². The molecule has 3 unspecified atom stereocenters. The van der Waals surface area contributed by atoms with Gasteiger partial charge in [-0.1, -0.05) is 0 Å². The highest BCUT2D eigenvalue weighted by molar-refractivity contribution is 5.22. The van der Waals surface area contributed by atoms with Crippen molar-refractivity contribution in [3.05, 3.63) is 35.4 Å². The molecule has 1 aromatic carbocycles. The highest BCUT2D eigenvalue weighted by Crippen LogP contribution is 2.23. The lowest BCUT2D eigenvalue weighted by atomic mass is 10.1. The molecule has 0 amide bonds. The highest BCUT2D eigenvalue weighted by Gasteiger charge is 2.24. The molecular weight excluding hydrogens is 222 g/mol. The Morgan fingerprint density at radius 2 is 2.12 bits per heavy atom. The van der Waals surface area contributed by atoms with Gasteiger partial charge in [0.2, 0.25) is 0 Å². The van der Waals surface area contributed by atoms with Gasteiger partial charge in [-0.15, -0.1) is 0 Å². The van der Waals surface area contributed by atoms with Crippen LogP contribution in [0, 0.1) is 11.6 Å². The summed E-state index contributed by atoms with van der Waals surface area (Å²) in [4.78, 5) is 0. The second-order valence-electron chi connectivity index (χ2n) is 4.82. The Morgan fingerprint density at radius 3 is 2.76 bits per heavy atom. The molecule has 0 saturated heterocycles. The molecule has 0 radical (unpaired) electrons. The van der Waals surface area contributed by atoms with Crippen molar-refractivity contribution >= 4 is 0 Å². The van der Waals surface area contributed by atoms with E-state index in [0.29, 0.717) is 11.6 Å². The lowest BCUT2D eigenvalue weighted by Gasteiger charge is -2.20. The van der Waals surface area contributed by atoms with Gasteiger partial charge in [0.1, 0.15) is 11.6 Å². The summed E-state index contributed by atoms with van der Waals surface area (Å²) >= 11 is 0. The second-order valence-corrected chi connectivity index (χ2v) is 4.82. The van der Waals surface area contributed by atoms with Crippen LogP contribution in [0.1, 0.15) is 37.8 Å². The third-order valence-corrected chi connectivity index (χ3v) is 3.38. The number of halogens is 2. The molecule has 4 heteroatoms. The average molecular weight is 240 g/mol. The van der Waals surface area contributed by atoms with Crippen molar-refractivity contribution in [1.82, 2.24) is 5.32 Å². The van der Waals surface area contributed by atoms with Gasteiger partial charge < -0.3 is 11.1 Å². The quantitative estimate of drug-likeness (QED) is 0.852. The van der Waals surface area contributed by atoms with Crippen molar-refractivity contribution < 1.29 is 8.78 Å². The van der Waals surface area contributed by atoms with Crippen LogP contribution in [0.2, 0.25) is 0 Å². The van der Waals surface area contributed by atoms with E-state index in [4.69, 9.17) is 5.73 Å². The largest absolute Gasteiger partial charge is 0.328 e. The third kappa shape index (κ3) is 3.01. The molecule has 0 bridgehead atoms. The summed E-state index contributed by atoms with van der Waals surface area (Å²) in [7, 11) is 0. The first-order valence-corrected chi connectivity index (χ1v) is 6.03. The van der Waals surface area contributed by atoms with E-state index in [1.807, 2.05) is 6.92 Å². The van der Waals surface area contributed by atoms with Gasteiger partial charge in [-0.25, -0.2) is 8.78 Å². The Kier molecular flexibility index (Phi) is 3.74. The Hall–Kier alpha value is -1.00. The van der Waals surface area contributed by atoms with Crippen LogP contribution >= 0.6 is 0 Å². The van der Waals surface area contributed by atoms with Crippen LogP contribution in [0.25, 0.3) is 0 Å². The summed E-state index contributed by atoms with van der Waals surface area (Å²) in [5.41, 5.74) is 6.20. The minimum Gasteiger partial charge on any atom is -0.328 e. The summed E-state index contributed by atoms with van der Waals surface area (Å²) in [6.45, 7) is 1.85. The van der Waals surface area contributed by atoms with Crippen LogP contribution in [-0.4, -0.2) is 12.1 Å². The molecule has 1 saturated carbocycles. The van der Waals surface area contributed by atoms with Crippen LogP contribution in [0.3, 0.4) is 0 Å². The second kappa shape index (κ2) is 5.10. The number of hydrogen-bond donors (Lipinski definition) is 2. The Bertz CT molecular complexity index is 395. The smallest absolute Gasteiger partial charge is 0.128 e. The lowest BCUT2D eigenvalue weighted by molar-refractivity contribution is 0.441. The monoisotopic (exact) mass is 240 g/mol. The van der Waals surface area contributed by atoms with Gasteiger partial charge >= 0.3 is 0 Å². The molecule has 2 nitrogen and oxygen atoms in total. The molecule has 3 N–H and O–H groups in total. The maximum absolute atomic E-state index is 13.5. The first-order chi connectivity index (χ1) is 8.06. The van der Waals surface area contributed by atoms with Crippen molar-refractivity contribution in [2.24, 2.45) is 5.73 Å². The van der Waals surface area contributed by atoms with Crippen LogP contribution in [0.15, 0.2) is 18.2 Å². The lowest BCUT2D eigenvalue weighted by Crippen LogP contribution is -2.31. The maximum atomic E-state index is 13.5. The van der Waals surface area contributed by atoms with Gasteiger partial charge in [0, 0.05) is 23.7 Å². The number of hydrogen-bond acceptors (Lipinski definition) is 2. The van der Waals surface area contributed by atoms with E-state index < -0.39 is 5.82 Å². The Morgan fingerprint density at radius 1 is 1.35 bits per heavy atom. The summed E-state index contributed by atoms with van der Waals surface area (Å²) in [6, 6.07) is 3.91. The maximum Gasteiger partial charge on any atom is 0.128 e. The number of nitrogens with two attached hydrogens (primary N) is 1. The molecule has 0 heterocycles. The van der Waals surface area contributed by atoms with Gasteiger partial charge in [0.15, 0.2) is 0 Å². The van der Waals surface area contributed by atoms with Crippen molar-refractivity contribution in [3.8, 4) is 0 Å². The highest BCUT2D eigenvalue weighted by atomic mass is 19.1. The van der Waals surface area contributed by atoms with E-state index in [2.05, 4.69) is 5.32 Å². The topological polar surface area (TPSA) is 38.0 Å².